The first kappa shape index (κ1) is 14.1. The molecule has 0 unspecified atom stereocenters. The zero-order valence-electron chi connectivity index (χ0n) is 11.9. The van der Waals surface area contributed by atoms with Crippen LogP contribution < -0.4 is 4.74 Å². The number of hydrogen-bond acceptors (Lipinski definition) is 5. The molecule has 3 rings (SSSR count). The molecule has 1 aliphatic heterocycles. The van der Waals surface area contributed by atoms with E-state index in [-0.39, 0.29) is 5.75 Å². The quantitative estimate of drug-likeness (QED) is 0.630. The lowest BCUT2D eigenvalue weighted by Gasteiger charge is -2.29. The minimum Gasteiger partial charge on any atom is -0.466 e. The van der Waals surface area contributed by atoms with Gasteiger partial charge in [-0.15, -0.1) is 0 Å². The van der Waals surface area contributed by atoms with Crippen LogP contribution in [0.2, 0.25) is 0 Å². The third-order valence-electron chi connectivity index (χ3n) is 3.15. The molecule has 6 nitrogen and oxygen atoms in total. The maximum absolute atomic E-state index is 13.8. The highest BCUT2D eigenvalue weighted by Crippen LogP contribution is 2.36. The molecule has 0 amide bonds. The summed E-state index contributed by atoms with van der Waals surface area (Å²) in [6.07, 6.45) is 1.60. The first-order chi connectivity index (χ1) is 10.4. The number of hydrogen-bond donors (Lipinski definition) is 0. The van der Waals surface area contributed by atoms with Gasteiger partial charge in [0.25, 0.3) is 0 Å². The molecule has 2 aromatic rings. The minimum atomic E-state index is -0.943. The van der Waals surface area contributed by atoms with Crippen LogP contribution in [0.3, 0.4) is 0 Å². The van der Waals surface area contributed by atoms with Crippen molar-refractivity contribution >= 4 is 11.4 Å². The van der Waals surface area contributed by atoms with Crippen molar-refractivity contribution in [2.24, 2.45) is 4.99 Å². The molecule has 1 aliphatic rings. The molecular formula is C15H12FN3O3. The van der Waals surface area contributed by atoms with E-state index in [2.05, 4.69) is 9.98 Å². The number of ether oxygens (including phenoxy) is 1. The topological polar surface area (TPSA) is 77.6 Å². The van der Waals surface area contributed by atoms with Crippen molar-refractivity contribution in [2.45, 2.75) is 19.6 Å². The summed E-state index contributed by atoms with van der Waals surface area (Å²) in [6.45, 7) is 3.44. The molecule has 112 valence electrons. The van der Waals surface area contributed by atoms with Crippen molar-refractivity contribution in [3.05, 3.63) is 63.7 Å². The molecule has 7 heteroatoms. The van der Waals surface area contributed by atoms with Crippen molar-refractivity contribution in [3.8, 4) is 5.75 Å². The molecule has 0 atom stereocenters. The summed E-state index contributed by atoms with van der Waals surface area (Å²) in [5.41, 5.74) is -0.199. The normalized spacial score (nSPS) is 15.5. The second-order valence-electron chi connectivity index (χ2n) is 5.28. The van der Waals surface area contributed by atoms with Gasteiger partial charge in [-0.25, -0.2) is 4.99 Å². The lowest BCUT2D eigenvalue weighted by Crippen LogP contribution is -2.32. The molecule has 0 saturated carbocycles. The summed E-state index contributed by atoms with van der Waals surface area (Å²) in [4.78, 5) is 18.8. The van der Waals surface area contributed by atoms with Crippen LogP contribution in [0.1, 0.15) is 25.1 Å². The van der Waals surface area contributed by atoms with Gasteiger partial charge in [-0.2, -0.15) is 4.39 Å². The Labute approximate surface area is 125 Å². The molecule has 0 fully saturated rings. The standard InChI is InChI=1S/C15H12FN3O3/c1-15(2)18-14(11-5-3-4-6-17-11)9-7-12(19(20)21)10(16)8-13(9)22-15/h3-8H,1-2H3. The van der Waals surface area contributed by atoms with E-state index in [0.717, 1.165) is 12.1 Å². The summed E-state index contributed by atoms with van der Waals surface area (Å²) in [5, 5.41) is 10.9. The lowest BCUT2D eigenvalue weighted by molar-refractivity contribution is -0.387. The maximum atomic E-state index is 13.8. The third kappa shape index (κ3) is 2.41. The summed E-state index contributed by atoms with van der Waals surface area (Å²) >= 11 is 0. The number of nitro benzene ring substituents is 1. The number of benzene rings is 1. The SMILES string of the molecule is CC1(C)N=C(c2ccccn2)c2cc([N+](=O)[O-])c(F)cc2O1. The molecule has 0 radical (unpaired) electrons. The van der Waals surface area contributed by atoms with Gasteiger partial charge in [-0.3, -0.25) is 15.1 Å². The largest absolute Gasteiger partial charge is 0.466 e. The van der Waals surface area contributed by atoms with Gasteiger partial charge in [0.2, 0.25) is 5.82 Å². The number of aromatic nitrogens is 1. The first-order valence-electron chi connectivity index (χ1n) is 6.56. The predicted molar refractivity (Wildman–Crippen MR) is 77.6 cm³/mol. The average molecular weight is 301 g/mol. The van der Waals surface area contributed by atoms with Crippen molar-refractivity contribution in [2.75, 3.05) is 0 Å². The van der Waals surface area contributed by atoms with Gasteiger partial charge in [0.05, 0.1) is 21.9 Å². The third-order valence-corrected chi connectivity index (χ3v) is 3.15. The fraction of sp³-hybridized carbons (Fsp3) is 0.200. The Morgan fingerprint density at radius 3 is 2.73 bits per heavy atom. The number of halogens is 1. The summed E-state index contributed by atoms with van der Waals surface area (Å²) in [5.74, 6) is -0.731. The molecule has 22 heavy (non-hydrogen) atoms. The van der Waals surface area contributed by atoms with Crippen LogP contribution in [0.15, 0.2) is 41.5 Å². The van der Waals surface area contributed by atoms with Crippen molar-refractivity contribution in [1.82, 2.24) is 4.98 Å². The van der Waals surface area contributed by atoms with Crippen LogP contribution in [-0.4, -0.2) is 21.3 Å². The fourth-order valence-corrected chi connectivity index (χ4v) is 2.27. The van der Waals surface area contributed by atoms with Gasteiger partial charge in [-0.05, 0) is 26.0 Å². The smallest absolute Gasteiger partial charge is 0.305 e. The monoisotopic (exact) mass is 301 g/mol. The highest BCUT2D eigenvalue weighted by atomic mass is 19.1. The minimum absolute atomic E-state index is 0.212. The van der Waals surface area contributed by atoms with E-state index >= 15 is 0 Å². The maximum Gasteiger partial charge on any atom is 0.305 e. The molecule has 2 heterocycles. The number of aliphatic imine (C=N–C) groups is 1. The summed E-state index contributed by atoms with van der Waals surface area (Å²) in [7, 11) is 0. The zero-order valence-corrected chi connectivity index (χ0v) is 11.9. The van der Waals surface area contributed by atoms with Gasteiger partial charge in [0.15, 0.2) is 5.72 Å². The van der Waals surface area contributed by atoms with Gasteiger partial charge in [0, 0.05) is 18.3 Å². The molecule has 0 bridgehead atoms. The fourth-order valence-electron chi connectivity index (χ4n) is 2.27. The van der Waals surface area contributed by atoms with E-state index in [9.17, 15) is 14.5 Å². The molecule has 0 N–H and O–H groups in total. The van der Waals surface area contributed by atoms with Crippen molar-refractivity contribution < 1.29 is 14.1 Å². The van der Waals surface area contributed by atoms with Crippen LogP contribution in [0.5, 0.6) is 5.75 Å². The number of fused-ring (bicyclic) bond motifs is 1. The second kappa shape index (κ2) is 4.87. The average Bonchev–Trinajstić information content (AvgIpc) is 2.45. The molecule has 0 spiro atoms. The Hall–Kier alpha value is -2.83. The van der Waals surface area contributed by atoms with Crippen LogP contribution in [0.4, 0.5) is 10.1 Å². The lowest BCUT2D eigenvalue weighted by atomic mass is 10.0. The Balaban J connectivity index is 2.25. The highest BCUT2D eigenvalue weighted by Gasteiger charge is 2.32. The Bertz CT molecular complexity index is 788. The first-order valence-corrected chi connectivity index (χ1v) is 6.56. The van der Waals surface area contributed by atoms with E-state index in [1.165, 1.54) is 0 Å². The van der Waals surface area contributed by atoms with Crippen LogP contribution >= 0.6 is 0 Å². The summed E-state index contributed by atoms with van der Waals surface area (Å²) in [6, 6.07) is 7.42. The molecule has 1 aromatic heterocycles. The Morgan fingerprint density at radius 1 is 1.32 bits per heavy atom. The molecule has 0 aliphatic carbocycles. The van der Waals surface area contributed by atoms with Crippen molar-refractivity contribution in [1.29, 1.82) is 0 Å². The highest BCUT2D eigenvalue weighted by molar-refractivity contribution is 6.14. The van der Waals surface area contributed by atoms with Crippen LogP contribution in [0.25, 0.3) is 0 Å². The summed E-state index contributed by atoms with van der Waals surface area (Å²) < 4.78 is 19.4. The van der Waals surface area contributed by atoms with Gasteiger partial charge in [0.1, 0.15) is 5.75 Å². The van der Waals surface area contributed by atoms with Crippen LogP contribution in [0, 0.1) is 15.9 Å². The van der Waals surface area contributed by atoms with Crippen LogP contribution in [-0.2, 0) is 0 Å². The number of nitrogens with zero attached hydrogens (tertiary/aromatic N) is 3. The van der Waals surface area contributed by atoms with Gasteiger partial charge < -0.3 is 4.74 Å². The molecule has 1 aromatic carbocycles. The van der Waals surface area contributed by atoms with E-state index in [1.54, 1.807) is 38.2 Å². The molecular weight excluding hydrogens is 289 g/mol. The second-order valence-corrected chi connectivity index (χ2v) is 5.28. The zero-order chi connectivity index (χ0) is 15.9. The Kier molecular flexibility index (Phi) is 3.13. The Morgan fingerprint density at radius 2 is 2.09 bits per heavy atom. The van der Waals surface area contributed by atoms with Gasteiger partial charge in [-0.1, -0.05) is 6.07 Å². The van der Waals surface area contributed by atoms with Gasteiger partial charge >= 0.3 is 5.69 Å². The molecule has 0 saturated heterocycles. The predicted octanol–water partition coefficient (Wildman–Crippen LogP) is 3.09. The number of nitro groups is 1. The van der Waals surface area contributed by atoms with E-state index in [1.807, 2.05) is 0 Å². The van der Waals surface area contributed by atoms with Crippen molar-refractivity contribution in [3.63, 3.8) is 0 Å². The van der Waals surface area contributed by atoms with E-state index < -0.39 is 22.2 Å². The van der Waals surface area contributed by atoms with E-state index in [0.29, 0.717) is 17.0 Å². The van der Waals surface area contributed by atoms with E-state index in [4.69, 9.17) is 4.74 Å². The number of rotatable bonds is 2. The number of pyridine rings is 1.